The molecule has 0 aliphatic carbocycles. The van der Waals surface area contributed by atoms with E-state index in [9.17, 15) is 27.6 Å². The van der Waals surface area contributed by atoms with Crippen LogP contribution in [-0.4, -0.2) is 20.0 Å². The van der Waals surface area contributed by atoms with E-state index in [1.807, 2.05) is 0 Å². The molecule has 1 amide bonds. The van der Waals surface area contributed by atoms with Crippen molar-refractivity contribution in [2.45, 2.75) is 12.7 Å². The lowest BCUT2D eigenvalue weighted by molar-refractivity contribution is -0.141. The van der Waals surface area contributed by atoms with Crippen LogP contribution in [-0.2, 0) is 24.6 Å². The molecule has 0 aliphatic rings. The maximum Gasteiger partial charge on any atom is 0.433 e. The van der Waals surface area contributed by atoms with E-state index >= 15 is 0 Å². The predicted molar refractivity (Wildman–Crippen MR) is 99.0 cm³/mol. The largest absolute Gasteiger partial charge is 0.433 e. The number of benzene rings is 1. The number of fused-ring (bicyclic) bond motifs is 1. The van der Waals surface area contributed by atoms with Gasteiger partial charge in [0, 0.05) is 11.5 Å². The lowest BCUT2D eigenvalue weighted by Gasteiger charge is -2.12. The summed E-state index contributed by atoms with van der Waals surface area (Å²) in [6, 6.07) is 8.33. The minimum atomic E-state index is -4.72. The van der Waals surface area contributed by atoms with Crippen molar-refractivity contribution in [2.75, 3.05) is 5.32 Å². The molecule has 1 aromatic carbocycles. The Morgan fingerprint density at radius 2 is 1.86 bits per heavy atom. The summed E-state index contributed by atoms with van der Waals surface area (Å²) in [5, 5.41) is 2.35. The van der Waals surface area contributed by atoms with Crippen LogP contribution in [0.2, 0.25) is 0 Å². The van der Waals surface area contributed by atoms with Crippen LogP contribution in [0.25, 0.3) is 11.0 Å². The second-order valence-corrected chi connectivity index (χ2v) is 6.68. The summed E-state index contributed by atoms with van der Waals surface area (Å²) in [6.07, 6.45) is -4.72. The summed E-state index contributed by atoms with van der Waals surface area (Å²) in [4.78, 5) is 40.6. The highest BCUT2D eigenvalue weighted by Gasteiger charge is 2.33. The van der Waals surface area contributed by atoms with Crippen molar-refractivity contribution in [1.29, 1.82) is 0 Å². The van der Waals surface area contributed by atoms with Crippen molar-refractivity contribution in [3.05, 3.63) is 67.4 Å². The van der Waals surface area contributed by atoms with Crippen LogP contribution in [0.4, 0.5) is 18.9 Å². The number of carbonyl (C=O) groups excluding carboxylic acids is 1. The summed E-state index contributed by atoms with van der Waals surface area (Å²) in [6.45, 7) is -0.607. The first-order valence-electron chi connectivity index (χ1n) is 7.81. The Labute approximate surface area is 163 Å². The Kier molecular flexibility index (Phi) is 5.11. The molecule has 7 nitrogen and oxygen atoms in total. The number of nitrogens with one attached hydrogen (secondary N) is 1. The van der Waals surface area contributed by atoms with E-state index in [0.717, 1.165) is 10.6 Å². The number of rotatable bonds is 3. The fraction of sp³-hybridized carbons (Fsp3) is 0.176. The zero-order chi connectivity index (χ0) is 20.6. The summed E-state index contributed by atoms with van der Waals surface area (Å²) in [5.41, 5.74) is -3.05. The molecule has 3 aromatic rings. The highest BCUT2D eigenvalue weighted by Crippen LogP contribution is 2.28. The zero-order valence-corrected chi connectivity index (χ0v) is 15.8. The fourth-order valence-corrected chi connectivity index (χ4v) is 2.95. The van der Waals surface area contributed by atoms with Crippen LogP contribution in [0.1, 0.15) is 5.69 Å². The number of pyridine rings is 1. The molecule has 11 heteroatoms. The van der Waals surface area contributed by atoms with Crippen molar-refractivity contribution >= 4 is 38.6 Å². The second-order valence-electron chi connectivity index (χ2n) is 5.83. The molecule has 146 valence electrons. The van der Waals surface area contributed by atoms with Crippen molar-refractivity contribution in [2.24, 2.45) is 7.05 Å². The smallest absolute Gasteiger partial charge is 0.323 e. The molecule has 0 bridgehead atoms. The number of amides is 1. The molecule has 0 unspecified atom stereocenters. The van der Waals surface area contributed by atoms with Crippen LogP contribution in [0, 0.1) is 0 Å². The number of hydrogen-bond acceptors (Lipinski definition) is 4. The minimum Gasteiger partial charge on any atom is -0.323 e. The molecule has 2 aromatic heterocycles. The number of carbonyl (C=O) groups is 1. The predicted octanol–water partition coefficient (Wildman–Crippen LogP) is 2.52. The number of hydrogen-bond donors (Lipinski definition) is 1. The summed E-state index contributed by atoms with van der Waals surface area (Å²) in [7, 11) is 1.18. The standard InChI is InChI=1S/C17H12BrF3N4O3/c1-24-14-9(6-7-12(23-14)17(19,20)21)15(27)25(16(24)28)8-13(26)22-11-5-3-2-4-10(11)18/h2-7H,8H2,1H3,(H,22,26). The van der Waals surface area contributed by atoms with Crippen LogP contribution in [0.5, 0.6) is 0 Å². The van der Waals surface area contributed by atoms with Gasteiger partial charge in [0.25, 0.3) is 5.56 Å². The number of para-hydroxylation sites is 1. The number of nitrogens with zero attached hydrogens (tertiary/aromatic N) is 3. The van der Waals surface area contributed by atoms with Gasteiger partial charge in [-0.2, -0.15) is 13.2 Å². The van der Waals surface area contributed by atoms with E-state index in [1.54, 1.807) is 24.3 Å². The maximum absolute atomic E-state index is 12.8. The van der Waals surface area contributed by atoms with Crippen molar-refractivity contribution in [3.63, 3.8) is 0 Å². The summed E-state index contributed by atoms with van der Waals surface area (Å²) < 4.78 is 40.6. The van der Waals surface area contributed by atoms with Gasteiger partial charge >= 0.3 is 11.9 Å². The van der Waals surface area contributed by atoms with Gasteiger partial charge in [0.15, 0.2) is 0 Å². The number of aromatic nitrogens is 3. The van der Waals surface area contributed by atoms with Crippen molar-refractivity contribution in [3.8, 4) is 0 Å². The van der Waals surface area contributed by atoms with Gasteiger partial charge in [0.1, 0.15) is 17.9 Å². The van der Waals surface area contributed by atoms with Gasteiger partial charge < -0.3 is 5.32 Å². The molecule has 0 atom stereocenters. The van der Waals surface area contributed by atoms with E-state index in [0.29, 0.717) is 20.8 Å². The molecule has 0 radical (unpaired) electrons. The molecule has 0 fully saturated rings. The molecule has 2 heterocycles. The summed E-state index contributed by atoms with van der Waals surface area (Å²) >= 11 is 3.26. The first kappa shape index (κ1) is 19.8. The average Bonchev–Trinajstić information content (AvgIpc) is 2.64. The van der Waals surface area contributed by atoms with Gasteiger partial charge in [-0.25, -0.2) is 9.78 Å². The molecule has 0 aliphatic heterocycles. The number of anilines is 1. The number of alkyl halides is 3. The molecular weight excluding hydrogens is 445 g/mol. The quantitative estimate of drug-likeness (QED) is 0.655. The molecule has 0 saturated heterocycles. The third-order valence-electron chi connectivity index (χ3n) is 3.93. The third kappa shape index (κ3) is 3.70. The normalized spacial score (nSPS) is 11.6. The topological polar surface area (TPSA) is 86.0 Å². The van der Waals surface area contributed by atoms with Crippen LogP contribution in [0.3, 0.4) is 0 Å². The van der Waals surface area contributed by atoms with Gasteiger partial charge in [0.05, 0.1) is 11.1 Å². The molecule has 0 saturated carbocycles. The van der Waals surface area contributed by atoms with Gasteiger partial charge in [-0.1, -0.05) is 12.1 Å². The Morgan fingerprint density at radius 3 is 2.50 bits per heavy atom. The van der Waals surface area contributed by atoms with Crippen LogP contribution >= 0.6 is 15.9 Å². The first-order valence-corrected chi connectivity index (χ1v) is 8.61. The van der Waals surface area contributed by atoms with E-state index in [2.05, 4.69) is 26.2 Å². The van der Waals surface area contributed by atoms with Crippen molar-refractivity contribution < 1.29 is 18.0 Å². The molecule has 3 rings (SSSR count). The number of halogens is 4. The number of aryl methyl sites for hydroxylation is 1. The van der Waals surface area contributed by atoms with Gasteiger partial charge in [-0.15, -0.1) is 0 Å². The fourth-order valence-electron chi connectivity index (χ4n) is 2.57. The maximum atomic E-state index is 12.8. The summed E-state index contributed by atoms with van der Waals surface area (Å²) in [5.74, 6) is -0.648. The Morgan fingerprint density at radius 1 is 1.18 bits per heavy atom. The van der Waals surface area contributed by atoms with E-state index in [4.69, 9.17) is 0 Å². The van der Waals surface area contributed by atoms with Gasteiger partial charge in [0.2, 0.25) is 5.91 Å². The molecular formula is C17H12BrF3N4O3. The van der Waals surface area contributed by atoms with Crippen LogP contribution < -0.4 is 16.6 Å². The minimum absolute atomic E-state index is 0.205. The lowest BCUT2D eigenvalue weighted by atomic mass is 10.2. The van der Waals surface area contributed by atoms with E-state index < -0.39 is 41.2 Å². The molecule has 28 heavy (non-hydrogen) atoms. The lowest BCUT2D eigenvalue weighted by Crippen LogP contribution is -2.42. The highest BCUT2D eigenvalue weighted by atomic mass is 79.9. The van der Waals surface area contributed by atoms with Gasteiger partial charge in [-0.3, -0.25) is 18.7 Å². The Bertz CT molecular complexity index is 1200. The third-order valence-corrected chi connectivity index (χ3v) is 4.62. The van der Waals surface area contributed by atoms with Crippen LogP contribution in [0.15, 0.2) is 50.5 Å². The van der Waals surface area contributed by atoms with E-state index in [-0.39, 0.29) is 5.39 Å². The zero-order valence-electron chi connectivity index (χ0n) is 14.2. The van der Waals surface area contributed by atoms with Gasteiger partial charge in [-0.05, 0) is 40.2 Å². The van der Waals surface area contributed by atoms with E-state index in [1.165, 1.54) is 7.05 Å². The van der Waals surface area contributed by atoms with Crippen molar-refractivity contribution in [1.82, 2.24) is 14.1 Å². The monoisotopic (exact) mass is 456 g/mol. The SMILES string of the molecule is Cn1c(=O)n(CC(=O)Nc2ccccc2Br)c(=O)c2ccc(C(F)(F)F)nc21. The molecule has 1 N–H and O–H groups in total. The average molecular weight is 457 g/mol. The first-order chi connectivity index (χ1) is 13.1. The Balaban J connectivity index is 2.03. The highest BCUT2D eigenvalue weighted by molar-refractivity contribution is 9.10. The Hall–Kier alpha value is -2.95. The molecule has 0 spiro atoms. The second kappa shape index (κ2) is 7.23.